The number of methoxy groups -OCH3 is 1. The Morgan fingerprint density at radius 1 is 1.09 bits per heavy atom. The molecule has 0 saturated carbocycles. The van der Waals surface area contributed by atoms with Crippen LogP contribution in [0, 0.1) is 4.91 Å². The van der Waals surface area contributed by atoms with Gasteiger partial charge in [-0.2, -0.15) is 4.91 Å². The summed E-state index contributed by atoms with van der Waals surface area (Å²) in [7, 11) is -2.50. The Kier molecular flexibility index (Phi) is 9.19. The molecular weight excluding hydrogens is 476 g/mol. The number of hydrogen-bond acceptors (Lipinski definition) is 9. The van der Waals surface area contributed by atoms with E-state index in [-0.39, 0.29) is 31.0 Å². The normalized spacial score (nSPS) is 16.2. The van der Waals surface area contributed by atoms with E-state index in [2.05, 4.69) is 5.18 Å². The van der Waals surface area contributed by atoms with E-state index in [1.807, 2.05) is 12.1 Å². The summed E-state index contributed by atoms with van der Waals surface area (Å²) in [5.41, 5.74) is 2.33. The highest BCUT2D eigenvalue weighted by atomic mass is 32.2. The molecule has 10 nitrogen and oxygen atoms in total. The zero-order valence-electron chi connectivity index (χ0n) is 19.5. The van der Waals surface area contributed by atoms with Crippen LogP contribution in [0.15, 0.2) is 58.6 Å². The molecule has 0 bridgehead atoms. The summed E-state index contributed by atoms with van der Waals surface area (Å²) in [5.74, 6) is 0.237. The lowest BCUT2D eigenvalue weighted by atomic mass is 9.98. The molecule has 11 heteroatoms. The number of ether oxygens (including phenoxy) is 3. The minimum absolute atomic E-state index is 0.0326. The van der Waals surface area contributed by atoms with Gasteiger partial charge in [0, 0.05) is 13.2 Å². The maximum Gasteiger partial charge on any atom is 0.265 e. The third-order valence-electron chi connectivity index (χ3n) is 6.23. The molecule has 1 aliphatic rings. The smallest absolute Gasteiger partial charge is 0.265 e. The highest BCUT2D eigenvalue weighted by molar-refractivity contribution is 7.93. The number of hydroxylamine groups is 1. The van der Waals surface area contributed by atoms with Gasteiger partial charge in [0.05, 0.1) is 18.6 Å². The lowest BCUT2D eigenvalue weighted by Crippen LogP contribution is -2.54. The predicted octanol–water partition coefficient (Wildman–Crippen LogP) is 3.58. The molecule has 190 valence electrons. The molecule has 3 rings (SSSR count). The lowest BCUT2D eigenvalue weighted by molar-refractivity contribution is -0.134. The van der Waals surface area contributed by atoms with Crippen LogP contribution in [0.1, 0.15) is 43.7 Å². The first kappa shape index (κ1) is 26.6. The number of carbonyl (C=O) groups is 1. The summed E-state index contributed by atoms with van der Waals surface area (Å²) in [6, 6.07) is 12.6. The molecule has 0 aromatic heterocycles. The Balaban J connectivity index is 1.53. The van der Waals surface area contributed by atoms with Gasteiger partial charge in [0.2, 0.25) is 0 Å². The standard InChI is InChI=1S/C24H30N2O8S/c1-32-19-7-5-18(6-8-19)22(25-28)4-2-3-15-34-20-9-11-21(12-10-20)35(30,31)24(23(27)26-29)13-16-33-17-14-24/h5-12,22,29H,2-4,13-17H2,1H3,(H,26,27). The average Bonchev–Trinajstić information content (AvgIpc) is 2.91. The van der Waals surface area contributed by atoms with Crippen molar-refractivity contribution in [2.45, 2.75) is 47.8 Å². The van der Waals surface area contributed by atoms with Gasteiger partial charge in [-0.3, -0.25) is 10.0 Å². The summed E-state index contributed by atoms with van der Waals surface area (Å²) < 4.78 is 40.8. The number of nitroso groups, excluding NO2 is 1. The second-order valence-corrected chi connectivity index (χ2v) is 10.5. The van der Waals surface area contributed by atoms with Crippen LogP contribution >= 0.6 is 0 Å². The molecule has 1 amide bonds. The first-order chi connectivity index (χ1) is 16.9. The number of nitrogens with one attached hydrogen (secondary N) is 1. The molecule has 1 aliphatic heterocycles. The van der Waals surface area contributed by atoms with Gasteiger partial charge < -0.3 is 14.2 Å². The summed E-state index contributed by atoms with van der Waals surface area (Å²) in [4.78, 5) is 23.5. The number of unbranched alkanes of at least 4 members (excludes halogenated alkanes) is 1. The summed E-state index contributed by atoms with van der Waals surface area (Å²) >= 11 is 0. The summed E-state index contributed by atoms with van der Waals surface area (Å²) in [6.45, 7) is 0.591. The number of sulfone groups is 1. The van der Waals surface area contributed by atoms with Crippen LogP contribution in [0.5, 0.6) is 11.5 Å². The van der Waals surface area contributed by atoms with Crippen LogP contribution in [0.4, 0.5) is 0 Å². The van der Waals surface area contributed by atoms with E-state index in [4.69, 9.17) is 19.4 Å². The number of nitrogens with zero attached hydrogens (tertiary/aromatic N) is 1. The Bertz CT molecular complexity index is 1080. The van der Waals surface area contributed by atoms with Crippen molar-refractivity contribution in [3.63, 3.8) is 0 Å². The fourth-order valence-electron chi connectivity index (χ4n) is 4.10. The van der Waals surface area contributed by atoms with Crippen molar-refractivity contribution in [2.24, 2.45) is 5.18 Å². The molecule has 1 fully saturated rings. The molecule has 1 atom stereocenters. The molecule has 2 aromatic rings. The molecule has 2 N–H and O–H groups in total. The molecule has 2 aromatic carbocycles. The van der Waals surface area contributed by atoms with Gasteiger partial charge in [-0.05, 0) is 74.1 Å². The predicted molar refractivity (Wildman–Crippen MR) is 127 cm³/mol. The number of rotatable bonds is 12. The Labute approximate surface area is 204 Å². The van der Waals surface area contributed by atoms with Gasteiger partial charge in [0.25, 0.3) is 5.91 Å². The third kappa shape index (κ3) is 5.98. The van der Waals surface area contributed by atoms with Crippen molar-refractivity contribution in [2.75, 3.05) is 26.9 Å². The number of amides is 1. The van der Waals surface area contributed by atoms with Crippen LogP contribution in [0.25, 0.3) is 0 Å². The van der Waals surface area contributed by atoms with Crippen LogP contribution in [-0.4, -0.2) is 51.2 Å². The van der Waals surface area contributed by atoms with Crippen molar-refractivity contribution in [3.05, 3.63) is 59.0 Å². The molecule has 1 saturated heterocycles. The van der Waals surface area contributed by atoms with E-state index in [0.29, 0.717) is 30.9 Å². The second-order valence-electron chi connectivity index (χ2n) is 8.26. The summed E-state index contributed by atoms with van der Waals surface area (Å²) in [5, 5.41) is 12.4. The van der Waals surface area contributed by atoms with Crippen molar-refractivity contribution in [3.8, 4) is 11.5 Å². The number of hydrogen-bond donors (Lipinski definition) is 2. The zero-order chi connectivity index (χ0) is 25.3. The molecule has 1 unspecified atom stereocenters. The molecule has 0 spiro atoms. The van der Waals surface area contributed by atoms with Gasteiger partial charge in [-0.25, -0.2) is 13.9 Å². The minimum Gasteiger partial charge on any atom is -0.497 e. The Morgan fingerprint density at radius 2 is 1.71 bits per heavy atom. The van der Waals surface area contributed by atoms with Gasteiger partial charge in [-0.15, -0.1) is 0 Å². The highest BCUT2D eigenvalue weighted by Crippen LogP contribution is 2.36. The molecule has 1 heterocycles. The lowest BCUT2D eigenvalue weighted by Gasteiger charge is -2.34. The van der Waals surface area contributed by atoms with E-state index in [0.717, 1.165) is 12.0 Å². The van der Waals surface area contributed by atoms with E-state index in [1.54, 1.807) is 19.2 Å². The second kappa shape index (κ2) is 12.1. The van der Waals surface area contributed by atoms with Crippen molar-refractivity contribution in [1.29, 1.82) is 0 Å². The first-order valence-corrected chi connectivity index (χ1v) is 12.8. The molecule has 0 aliphatic carbocycles. The van der Waals surface area contributed by atoms with Crippen LogP contribution in [0.2, 0.25) is 0 Å². The number of carbonyl (C=O) groups excluding carboxylic acids is 1. The average molecular weight is 507 g/mol. The maximum absolute atomic E-state index is 13.3. The van der Waals surface area contributed by atoms with Gasteiger partial charge in [0.1, 0.15) is 17.5 Å². The highest BCUT2D eigenvalue weighted by Gasteiger charge is 2.52. The van der Waals surface area contributed by atoms with Crippen LogP contribution in [-0.2, 0) is 19.4 Å². The zero-order valence-corrected chi connectivity index (χ0v) is 20.3. The van der Waals surface area contributed by atoms with Gasteiger partial charge in [-0.1, -0.05) is 17.3 Å². The van der Waals surface area contributed by atoms with Crippen LogP contribution < -0.4 is 15.0 Å². The molecule has 0 radical (unpaired) electrons. The SMILES string of the molecule is COc1ccc(C(CCCCOc2ccc(S(=O)(=O)C3(C(=O)NO)CCOCC3)cc2)N=O)cc1. The van der Waals surface area contributed by atoms with Crippen molar-refractivity contribution < 1.29 is 32.6 Å². The summed E-state index contributed by atoms with van der Waals surface area (Å²) in [6.07, 6.45) is 1.88. The minimum atomic E-state index is -4.08. The first-order valence-electron chi connectivity index (χ1n) is 11.3. The molecule has 35 heavy (non-hydrogen) atoms. The fourth-order valence-corrected chi connectivity index (χ4v) is 6.04. The van der Waals surface area contributed by atoms with Crippen molar-refractivity contribution in [1.82, 2.24) is 5.48 Å². The van der Waals surface area contributed by atoms with E-state index < -0.39 is 26.5 Å². The quantitative estimate of drug-likeness (QED) is 0.193. The largest absolute Gasteiger partial charge is 0.497 e. The third-order valence-corrected chi connectivity index (χ3v) is 8.75. The molecular formula is C24H30N2O8S. The van der Waals surface area contributed by atoms with Gasteiger partial charge >= 0.3 is 0 Å². The van der Waals surface area contributed by atoms with Crippen molar-refractivity contribution >= 4 is 15.7 Å². The van der Waals surface area contributed by atoms with E-state index in [9.17, 15) is 18.1 Å². The Hall–Kier alpha value is -3.02. The monoisotopic (exact) mass is 506 g/mol. The topological polar surface area (TPSA) is 141 Å². The van der Waals surface area contributed by atoms with E-state index >= 15 is 0 Å². The fraction of sp³-hybridized carbons (Fsp3) is 0.458. The van der Waals surface area contributed by atoms with Gasteiger partial charge in [0.15, 0.2) is 14.6 Å². The Morgan fingerprint density at radius 3 is 2.29 bits per heavy atom. The van der Waals surface area contributed by atoms with E-state index in [1.165, 1.54) is 29.7 Å². The van der Waals surface area contributed by atoms with Crippen LogP contribution in [0.3, 0.4) is 0 Å². The number of benzene rings is 2. The maximum atomic E-state index is 13.3.